The van der Waals surface area contributed by atoms with Crippen molar-refractivity contribution >= 4 is 29.2 Å². The first kappa shape index (κ1) is 58.2. The number of allylic oxidation sites excluding steroid dienone is 6. The molecule has 3 aliphatic heterocycles. The van der Waals surface area contributed by atoms with Crippen LogP contribution in [0.15, 0.2) is 47.6 Å². The minimum Gasteiger partial charge on any atom is -0.460 e. The van der Waals surface area contributed by atoms with Gasteiger partial charge in [0.1, 0.15) is 30.1 Å². The molecule has 15 atom stereocenters. The zero-order valence-electron chi connectivity index (χ0n) is 43.4. The summed E-state index contributed by atoms with van der Waals surface area (Å²) in [7, 11) is 6.26. The second-order valence-corrected chi connectivity index (χ2v) is 20.4. The molecule has 1 unspecified atom stereocenters. The number of piperidine rings is 1. The third kappa shape index (κ3) is 16.0. The van der Waals surface area contributed by atoms with E-state index >= 15 is 0 Å². The predicted molar refractivity (Wildman–Crippen MR) is 261 cm³/mol. The fraction of sp³-hybridized carbons (Fsp3) is 0.759. The van der Waals surface area contributed by atoms with Crippen LogP contribution in [0.2, 0.25) is 0 Å². The lowest BCUT2D eigenvalue weighted by atomic mass is 9.78. The Labute approximate surface area is 411 Å². The maximum absolute atomic E-state index is 14.5. The third-order valence-corrected chi connectivity index (χ3v) is 15.1. The first-order chi connectivity index (χ1) is 32.8. The van der Waals surface area contributed by atoms with Gasteiger partial charge in [-0.05, 0) is 107 Å². The van der Waals surface area contributed by atoms with Crippen molar-refractivity contribution < 1.29 is 67.3 Å². The van der Waals surface area contributed by atoms with Crippen molar-refractivity contribution in [2.45, 2.75) is 180 Å². The van der Waals surface area contributed by atoms with E-state index in [4.69, 9.17) is 33.2 Å². The summed E-state index contributed by atoms with van der Waals surface area (Å²) in [6.07, 6.45) is 12.4. The molecule has 0 radical (unpaired) electrons. The molecule has 1 saturated carbocycles. The zero-order chi connectivity index (χ0) is 51.0. The van der Waals surface area contributed by atoms with Gasteiger partial charge in [0, 0.05) is 65.6 Å². The Bertz CT molecular complexity index is 1830. The Balaban J connectivity index is 1.69. The fourth-order valence-electron chi connectivity index (χ4n) is 10.6. The molecule has 15 nitrogen and oxygen atoms in total. The lowest BCUT2D eigenvalue weighted by Crippen LogP contribution is -2.61. The highest BCUT2D eigenvalue weighted by atomic mass is 16.6. The molecular formula is C54H85NO14. The van der Waals surface area contributed by atoms with E-state index in [1.807, 2.05) is 58.1 Å². The predicted octanol–water partition coefficient (Wildman–Crippen LogP) is 6.85. The van der Waals surface area contributed by atoms with Crippen LogP contribution in [0.25, 0.3) is 0 Å². The number of Topliss-reactive ketones (excluding diaryl/α,β-unsaturated/α-hetero) is 3. The van der Waals surface area contributed by atoms with Crippen LogP contribution in [-0.4, -0.2) is 147 Å². The number of cyclic esters (lactones) is 1. The second-order valence-electron chi connectivity index (χ2n) is 20.4. The van der Waals surface area contributed by atoms with Crippen molar-refractivity contribution in [1.82, 2.24) is 4.90 Å². The molecule has 1 aliphatic carbocycles. The highest BCUT2D eigenvalue weighted by Gasteiger charge is 2.53. The van der Waals surface area contributed by atoms with Gasteiger partial charge in [-0.2, -0.15) is 0 Å². The Hall–Kier alpha value is -3.41. The summed E-state index contributed by atoms with van der Waals surface area (Å²) in [5.74, 6) is -7.83. The summed E-state index contributed by atoms with van der Waals surface area (Å²) in [6.45, 7) is 13.8. The van der Waals surface area contributed by atoms with E-state index in [2.05, 4.69) is 0 Å². The number of amides is 1. The second kappa shape index (κ2) is 28.0. The van der Waals surface area contributed by atoms with Gasteiger partial charge in [-0.1, -0.05) is 71.1 Å². The van der Waals surface area contributed by atoms with Gasteiger partial charge in [-0.15, -0.1) is 0 Å². The maximum atomic E-state index is 14.5. The van der Waals surface area contributed by atoms with E-state index in [0.29, 0.717) is 70.2 Å². The molecule has 4 aliphatic rings. The monoisotopic (exact) mass is 972 g/mol. The highest BCUT2D eigenvalue weighted by Crippen LogP contribution is 2.38. The number of carbonyl (C=O) groups excluding carboxylic acids is 5. The SMILES string of the molecule is COCCO[C@@H]1CC[C@@H](CC(C)[C@@H]2CC(=O)[C@H](C)/C=C(\C)[C@@H](O)[C@@H](OC)C(=O)[C@H](C)C[C@H](C)/C=C/C=C/C=C(\C)[C@@H](OC)C[C@@H]3CC[C@@H](C)[C@@](O)(O3)C(=O)C(=O)N3CCCC[C@H]3C(=O)O2)C[C@H]1OC. The Morgan fingerprint density at radius 2 is 1.57 bits per heavy atom. The van der Waals surface area contributed by atoms with Gasteiger partial charge < -0.3 is 48.3 Å². The molecule has 0 aromatic carbocycles. The third-order valence-electron chi connectivity index (χ3n) is 15.1. The molecule has 2 N–H and O–H groups in total. The van der Waals surface area contributed by atoms with E-state index in [0.717, 1.165) is 18.4 Å². The standard InChI is InChI=1S/C54H85NO14/c1-33-17-13-12-14-18-34(2)45(64-9)31-41-22-20-39(7)54(62,69-41)51(59)52(60)55-24-16-15-19-42(55)53(61)68-46(36(4)29-40-21-23-44(47(30-40)65-10)67-26-25-63-8)32-43(56)35(3)28-38(6)49(58)50(66-11)48(57)37(5)27-33/h12-14,17-18,28,33,35-37,39-42,44-47,49-50,58,62H,15-16,19-27,29-32H2,1-11H3/b14-12+,17-13+,34-18+,38-28+/t33-,35-,36?,37-,39-,40+,41+,42+,44-,45+,46+,47-,49-,50+,54-/m1/s1. The van der Waals surface area contributed by atoms with Gasteiger partial charge in [-0.25, -0.2) is 4.79 Å². The summed E-state index contributed by atoms with van der Waals surface area (Å²) in [5, 5.41) is 23.5. The summed E-state index contributed by atoms with van der Waals surface area (Å²) in [4.78, 5) is 72.3. The Kier molecular flexibility index (Phi) is 23.6. The maximum Gasteiger partial charge on any atom is 0.329 e. The minimum absolute atomic E-state index is 0.0197. The quantitative estimate of drug-likeness (QED) is 0.0999. The fourth-order valence-corrected chi connectivity index (χ4v) is 10.6. The summed E-state index contributed by atoms with van der Waals surface area (Å²) in [6, 6.07) is -1.14. The number of nitrogens with zero attached hydrogens (tertiary/aromatic N) is 1. The lowest BCUT2D eigenvalue weighted by Gasteiger charge is -2.42. The lowest BCUT2D eigenvalue weighted by molar-refractivity contribution is -0.265. The molecule has 3 heterocycles. The van der Waals surface area contributed by atoms with E-state index in [-0.39, 0.29) is 60.9 Å². The average Bonchev–Trinajstić information content (AvgIpc) is 3.33. The molecule has 0 aromatic rings. The molecule has 2 bridgehead atoms. The summed E-state index contributed by atoms with van der Waals surface area (Å²) >= 11 is 0. The molecule has 69 heavy (non-hydrogen) atoms. The smallest absolute Gasteiger partial charge is 0.329 e. The minimum atomic E-state index is -2.43. The van der Waals surface area contributed by atoms with Crippen molar-refractivity contribution in [1.29, 1.82) is 0 Å². The van der Waals surface area contributed by atoms with Crippen LogP contribution in [0.4, 0.5) is 0 Å². The number of ketones is 3. The summed E-state index contributed by atoms with van der Waals surface area (Å²) in [5.41, 5.74) is 1.28. The molecule has 15 heteroatoms. The number of aliphatic hydroxyl groups is 2. The molecule has 0 aromatic heterocycles. The van der Waals surface area contributed by atoms with Crippen molar-refractivity contribution in [2.24, 2.45) is 35.5 Å². The highest BCUT2D eigenvalue weighted by molar-refractivity contribution is 6.39. The van der Waals surface area contributed by atoms with Gasteiger partial charge in [0.2, 0.25) is 5.79 Å². The van der Waals surface area contributed by atoms with E-state index < -0.39 is 77.8 Å². The molecule has 2 saturated heterocycles. The van der Waals surface area contributed by atoms with Crippen LogP contribution >= 0.6 is 0 Å². The Morgan fingerprint density at radius 1 is 0.826 bits per heavy atom. The van der Waals surface area contributed by atoms with E-state index in [1.54, 1.807) is 48.2 Å². The number of ether oxygens (including phenoxy) is 7. The largest absolute Gasteiger partial charge is 0.460 e. The summed E-state index contributed by atoms with van der Waals surface area (Å²) < 4.78 is 41.1. The molecule has 1 amide bonds. The molecule has 0 spiro atoms. The number of esters is 1. The van der Waals surface area contributed by atoms with E-state index in [1.165, 1.54) is 12.0 Å². The number of fused-ring (bicyclic) bond motifs is 3. The van der Waals surface area contributed by atoms with Crippen LogP contribution in [-0.2, 0) is 57.1 Å². The van der Waals surface area contributed by atoms with Gasteiger partial charge in [0.05, 0.1) is 37.6 Å². The van der Waals surface area contributed by atoms with Gasteiger partial charge in [0.25, 0.3) is 11.7 Å². The number of carbonyl (C=O) groups is 5. The van der Waals surface area contributed by atoms with Crippen LogP contribution in [0.5, 0.6) is 0 Å². The van der Waals surface area contributed by atoms with Crippen LogP contribution in [0, 0.1) is 35.5 Å². The van der Waals surface area contributed by atoms with E-state index in [9.17, 15) is 34.2 Å². The van der Waals surface area contributed by atoms with Gasteiger partial charge >= 0.3 is 5.97 Å². The van der Waals surface area contributed by atoms with Crippen LogP contribution in [0.3, 0.4) is 0 Å². The first-order valence-corrected chi connectivity index (χ1v) is 25.4. The van der Waals surface area contributed by atoms with Crippen LogP contribution < -0.4 is 0 Å². The van der Waals surface area contributed by atoms with Crippen molar-refractivity contribution in [2.75, 3.05) is 48.2 Å². The molecule has 4 rings (SSSR count). The molecular weight excluding hydrogens is 887 g/mol. The molecule has 390 valence electrons. The first-order valence-electron chi connectivity index (χ1n) is 25.4. The average molecular weight is 972 g/mol. The van der Waals surface area contributed by atoms with Crippen molar-refractivity contribution in [3.05, 3.63) is 47.6 Å². The van der Waals surface area contributed by atoms with Crippen molar-refractivity contribution in [3.63, 3.8) is 0 Å². The number of rotatable bonds is 10. The van der Waals surface area contributed by atoms with Crippen molar-refractivity contribution in [3.8, 4) is 0 Å². The number of aliphatic hydroxyl groups excluding tert-OH is 1. The molecule has 3 fully saturated rings. The number of methoxy groups -OCH3 is 4. The van der Waals surface area contributed by atoms with Gasteiger partial charge in [0.15, 0.2) is 5.78 Å². The topological polar surface area (TPSA) is 194 Å². The zero-order valence-corrected chi connectivity index (χ0v) is 43.4. The normalized spacial score (nSPS) is 38.8. The van der Waals surface area contributed by atoms with Crippen LogP contribution in [0.1, 0.15) is 126 Å². The van der Waals surface area contributed by atoms with Gasteiger partial charge in [-0.3, -0.25) is 19.2 Å². The Morgan fingerprint density at radius 3 is 2.25 bits per heavy atom. The number of hydrogen-bond donors (Lipinski definition) is 2. The number of hydrogen-bond acceptors (Lipinski definition) is 14.